The Balaban J connectivity index is 1.37. The molecule has 0 amide bonds. The molecule has 2 heterocycles. The second kappa shape index (κ2) is 9.73. The number of halogens is 1. The van der Waals surface area contributed by atoms with Gasteiger partial charge in [0.2, 0.25) is 0 Å². The van der Waals surface area contributed by atoms with Crippen molar-refractivity contribution in [3.63, 3.8) is 0 Å². The molecule has 0 fully saturated rings. The average Bonchev–Trinajstić information content (AvgIpc) is 3.45. The second-order valence-corrected chi connectivity index (χ2v) is 11.4. The average molecular weight is 584 g/mol. The lowest BCUT2D eigenvalue weighted by molar-refractivity contribution is 0.669. The molecule has 0 N–H and O–H groups in total. The lowest BCUT2D eigenvalue weighted by atomic mass is 9.93. The van der Waals surface area contributed by atoms with Crippen LogP contribution >= 0.6 is 11.6 Å². The highest BCUT2D eigenvalue weighted by atomic mass is 35.5. The summed E-state index contributed by atoms with van der Waals surface area (Å²) in [5.41, 5.74) is 4.24. The van der Waals surface area contributed by atoms with Gasteiger partial charge in [-0.1, -0.05) is 115 Å². The van der Waals surface area contributed by atoms with Crippen LogP contribution in [0.2, 0.25) is 5.02 Å². The maximum atomic E-state index is 6.31. The zero-order valence-corrected chi connectivity index (χ0v) is 24.1. The van der Waals surface area contributed by atoms with Gasteiger partial charge in [-0.05, 0) is 56.6 Å². The van der Waals surface area contributed by atoms with E-state index in [4.69, 9.17) is 31.0 Å². The van der Waals surface area contributed by atoms with Crippen LogP contribution in [0.25, 0.3) is 88.4 Å². The van der Waals surface area contributed by atoms with Crippen LogP contribution in [0.5, 0.6) is 0 Å². The lowest BCUT2D eigenvalue weighted by Gasteiger charge is -2.14. The van der Waals surface area contributed by atoms with Gasteiger partial charge < -0.3 is 4.42 Å². The monoisotopic (exact) mass is 583 g/mol. The number of aromatic nitrogens is 3. The van der Waals surface area contributed by atoms with Crippen LogP contribution in [0.15, 0.2) is 138 Å². The van der Waals surface area contributed by atoms with Gasteiger partial charge in [0.05, 0.1) is 0 Å². The molecular weight excluding hydrogens is 562 g/mol. The third-order valence-corrected chi connectivity index (χ3v) is 8.59. The Kier molecular flexibility index (Phi) is 5.52. The summed E-state index contributed by atoms with van der Waals surface area (Å²) in [6.07, 6.45) is 0. The predicted octanol–water partition coefficient (Wildman–Crippen LogP) is 10.9. The molecule has 9 aromatic rings. The molecule has 44 heavy (non-hydrogen) atoms. The fourth-order valence-corrected chi connectivity index (χ4v) is 6.54. The van der Waals surface area contributed by atoms with E-state index in [9.17, 15) is 0 Å². The summed E-state index contributed by atoms with van der Waals surface area (Å²) < 4.78 is 6.21. The first-order valence-corrected chi connectivity index (χ1v) is 14.9. The minimum Gasteiger partial charge on any atom is -0.456 e. The van der Waals surface area contributed by atoms with E-state index in [0.717, 1.165) is 49.4 Å². The van der Waals surface area contributed by atoms with Crippen LogP contribution in [0.1, 0.15) is 0 Å². The van der Waals surface area contributed by atoms with Crippen molar-refractivity contribution in [2.24, 2.45) is 0 Å². The van der Waals surface area contributed by atoms with Crippen LogP contribution in [0.3, 0.4) is 0 Å². The topological polar surface area (TPSA) is 51.8 Å². The van der Waals surface area contributed by atoms with Gasteiger partial charge in [0.1, 0.15) is 11.2 Å². The Labute approximate surface area is 257 Å². The van der Waals surface area contributed by atoms with E-state index >= 15 is 0 Å². The first-order chi connectivity index (χ1) is 21.7. The smallest absolute Gasteiger partial charge is 0.164 e. The zero-order chi connectivity index (χ0) is 29.2. The van der Waals surface area contributed by atoms with Gasteiger partial charge in [-0.15, -0.1) is 0 Å². The molecule has 5 heteroatoms. The fourth-order valence-electron chi connectivity index (χ4n) is 6.38. The largest absolute Gasteiger partial charge is 0.456 e. The number of nitrogens with zero attached hydrogens (tertiary/aromatic N) is 3. The van der Waals surface area contributed by atoms with Crippen LogP contribution in [0, 0.1) is 0 Å². The standard InChI is InChI=1S/C39H22ClN3O/c40-26-19-20-30-34(22-26)44-33-16-8-15-31(36(30)33)38-41-37(24-10-2-1-3-11-24)42-39(43-38)32-21-25-18-17-23-9-4-5-12-27(23)35(25)29-14-7-6-13-28(29)32/h1-22H. The highest BCUT2D eigenvalue weighted by Crippen LogP contribution is 2.40. The van der Waals surface area contributed by atoms with E-state index in [1.807, 2.05) is 66.7 Å². The number of fused-ring (bicyclic) bond motifs is 8. The molecule has 0 aliphatic carbocycles. The van der Waals surface area contributed by atoms with Gasteiger partial charge in [-0.3, -0.25) is 0 Å². The van der Waals surface area contributed by atoms with E-state index in [1.54, 1.807) is 0 Å². The Hall–Kier alpha value is -5.58. The maximum Gasteiger partial charge on any atom is 0.164 e. The van der Waals surface area contributed by atoms with Crippen molar-refractivity contribution in [1.29, 1.82) is 0 Å². The molecular formula is C39H22ClN3O. The van der Waals surface area contributed by atoms with E-state index < -0.39 is 0 Å². The maximum absolute atomic E-state index is 6.31. The zero-order valence-electron chi connectivity index (χ0n) is 23.3. The summed E-state index contributed by atoms with van der Waals surface area (Å²) in [7, 11) is 0. The van der Waals surface area contributed by atoms with Crippen molar-refractivity contribution >= 4 is 65.9 Å². The van der Waals surface area contributed by atoms with Gasteiger partial charge >= 0.3 is 0 Å². The minimum absolute atomic E-state index is 0.583. The van der Waals surface area contributed by atoms with Gasteiger partial charge in [-0.25, -0.2) is 15.0 Å². The third-order valence-electron chi connectivity index (χ3n) is 8.36. The van der Waals surface area contributed by atoms with Gasteiger partial charge in [0, 0.05) is 38.6 Å². The van der Waals surface area contributed by atoms with Crippen LogP contribution in [-0.2, 0) is 0 Å². The molecule has 0 aliphatic heterocycles. The molecule has 0 spiro atoms. The first kappa shape index (κ1) is 25.0. The molecule has 7 aromatic carbocycles. The van der Waals surface area contributed by atoms with E-state index in [1.165, 1.54) is 21.5 Å². The van der Waals surface area contributed by atoms with E-state index in [2.05, 4.69) is 66.7 Å². The Morgan fingerprint density at radius 3 is 2.00 bits per heavy atom. The van der Waals surface area contributed by atoms with Crippen molar-refractivity contribution in [2.75, 3.05) is 0 Å². The lowest BCUT2D eigenvalue weighted by Crippen LogP contribution is -2.01. The molecule has 206 valence electrons. The van der Waals surface area contributed by atoms with Crippen molar-refractivity contribution in [1.82, 2.24) is 15.0 Å². The SMILES string of the molecule is Clc1ccc2c(c1)oc1cccc(-c3nc(-c4ccccc4)nc(-c4cc5ccc6ccccc6c5c5ccccc45)n3)c12. The molecule has 0 bridgehead atoms. The van der Waals surface area contributed by atoms with Crippen LogP contribution in [0.4, 0.5) is 0 Å². The molecule has 4 nitrogen and oxygen atoms in total. The molecule has 0 unspecified atom stereocenters. The molecule has 0 aliphatic rings. The quantitative estimate of drug-likeness (QED) is 0.194. The number of benzene rings is 7. The number of hydrogen-bond acceptors (Lipinski definition) is 4. The number of rotatable bonds is 3. The molecule has 0 saturated heterocycles. The molecule has 9 rings (SSSR count). The van der Waals surface area contributed by atoms with Crippen LogP contribution in [-0.4, -0.2) is 15.0 Å². The van der Waals surface area contributed by atoms with Crippen molar-refractivity contribution in [2.45, 2.75) is 0 Å². The number of furan rings is 1. The predicted molar refractivity (Wildman–Crippen MR) is 181 cm³/mol. The number of hydrogen-bond donors (Lipinski definition) is 0. The Morgan fingerprint density at radius 1 is 0.432 bits per heavy atom. The van der Waals surface area contributed by atoms with E-state index in [0.29, 0.717) is 22.5 Å². The minimum atomic E-state index is 0.583. The summed E-state index contributed by atoms with van der Waals surface area (Å²) >= 11 is 6.31. The van der Waals surface area contributed by atoms with Gasteiger partial charge in [0.25, 0.3) is 0 Å². The summed E-state index contributed by atoms with van der Waals surface area (Å²) in [5.74, 6) is 1.81. The molecule has 0 radical (unpaired) electrons. The van der Waals surface area contributed by atoms with Crippen LogP contribution < -0.4 is 0 Å². The highest BCUT2D eigenvalue weighted by molar-refractivity contribution is 6.31. The van der Waals surface area contributed by atoms with Crippen molar-refractivity contribution < 1.29 is 4.42 Å². The highest BCUT2D eigenvalue weighted by Gasteiger charge is 2.20. The second-order valence-electron chi connectivity index (χ2n) is 10.9. The first-order valence-electron chi connectivity index (χ1n) is 14.5. The molecule has 0 atom stereocenters. The van der Waals surface area contributed by atoms with Gasteiger partial charge in [-0.2, -0.15) is 0 Å². The third kappa shape index (κ3) is 3.89. The Bertz CT molecular complexity index is 2570. The fraction of sp³-hybridized carbons (Fsp3) is 0. The summed E-state index contributed by atoms with van der Waals surface area (Å²) in [5, 5.41) is 9.61. The van der Waals surface area contributed by atoms with Gasteiger partial charge in [0.15, 0.2) is 17.5 Å². The van der Waals surface area contributed by atoms with Crippen molar-refractivity contribution in [3.05, 3.63) is 138 Å². The summed E-state index contributed by atoms with van der Waals surface area (Å²) in [6.45, 7) is 0. The van der Waals surface area contributed by atoms with Crippen molar-refractivity contribution in [3.8, 4) is 34.2 Å². The van der Waals surface area contributed by atoms with E-state index in [-0.39, 0.29) is 0 Å². The molecule has 0 saturated carbocycles. The summed E-state index contributed by atoms with van der Waals surface area (Å²) in [4.78, 5) is 15.3. The summed E-state index contributed by atoms with van der Waals surface area (Å²) in [6, 6.07) is 45.4. The normalized spacial score (nSPS) is 11.8. The molecule has 2 aromatic heterocycles. The Morgan fingerprint density at radius 2 is 1.14 bits per heavy atom.